The smallest absolute Gasteiger partial charge is 0.358 e. The highest BCUT2D eigenvalue weighted by atomic mass is 16.5. The average Bonchev–Trinajstić information content (AvgIpc) is 2.92. The van der Waals surface area contributed by atoms with Crippen molar-refractivity contribution in [3.8, 4) is 0 Å². The lowest BCUT2D eigenvalue weighted by atomic mass is 9.89. The van der Waals surface area contributed by atoms with Crippen LogP contribution in [0.15, 0.2) is 6.20 Å². The predicted molar refractivity (Wildman–Crippen MR) is 75.9 cm³/mol. The number of imidazole rings is 1. The standard InChI is InChI=1S/C14H22N4O2/c1-2-20-13(19)11-9-18-12(5-7-16-14(18)17-11)10-4-3-6-15-8-10/h9-10,12,15H,2-8H2,1H3,(H,16,17). The number of hydrogen-bond donors (Lipinski definition) is 2. The van der Waals surface area contributed by atoms with E-state index in [4.69, 9.17) is 4.74 Å². The van der Waals surface area contributed by atoms with E-state index in [1.165, 1.54) is 12.8 Å². The van der Waals surface area contributed by atoms with Gasteiger partial charge in [-0.2, -0.15) is 0 Å². The number of nitrogens with zero attached hydrogens (tertiary/aromatic N) is 2. The van der Waals surface area contributed by atoms with Crippen molar-refractivity contribution >= 4 is 11.9 Å². The van der Waals surface area contributed by atoms with E-state index in [0.29, 0.717) is 24.3 Å². The van der Waals surface area contributed by atoms with Gasteiger partial charge in [0.1, 0.15) is 0 Å². The molecule has 2 aliphatic rings. The van der Waals surface area contributed by atoms with Crippen LogP contribution in [0, 0.1) is 5.92 Å². The van der Waals surface area contributed by atoms with Gasteiger partial charge in [0.05, 0.1) is 6.61 Å². The van der Waals surface area contributed by atoms with Crippen molar-refractivity contribution in [2.45, 2.75) is 32.2 Å². The van der Waals surface area contributed by atoms with Crippen LogP contribution in [-0.4, -0.2) is 41.8 Å². The molecule has 0 radical (unpaired) electrons. The molecular weight excluding hydrogens is 256 g/mol. The quantitative estimate of drug-likeness (QED) is 0.818. The summed E-state index contributed by atoms with van der Waals surface area (Å²) in [6.07, 6.45) is 5.39. The third-order valence-corrected chi connectivity index (χ3v) is 4.18. The number of carbonyl (C=O) groups is 1. The Hall–Kier alpha value is -1.56. The highest BCUT2D eigenvalue weighted by Crippen LogP contribution is 2.33. The zero-order valence-electron chi connectivity index (χ0n) is 11.9. The monoisotopic (exact) mass is 278 g/mol. The largest absolute Gasteiger partial charge is 0.461 e. The van der Waals surface area contributed by atoms with E-state index >= 15 is 0 Å². The number of anilines is 1. The number of ether oxygens (including phenoxy) is 1. The van der Waals surface area contributed by atoms with Gasteiger partial charge >= 0.3 is 5.97 Å². The molecule has 0 amide bonds. The number of esters is 1. The van der Waals surface area contributed by atoms with E-state index in [1.54, 1.807) is 0 Å². The van der Waals surface area contributed by atoms with Gasteiger partial charge < -0.3 is 19.9 Å². The minimum atomic E-state index is -0.336. The van der Waals surface area contributed by atoms with E-state index in [0.717, 1.165) is 32.0 Å². The molecule has 0 aromatic carbocycles. The minimum absolute atomic E-state index is 0.336. The SMILES string of the molecule is CCOC(=O)c1cn2c(n1)NCCC2C1CCCNC1. The lowest BCUT2D eigenvalue weighted by Crippen LogP contribution is -2.37. The molecule has 20 heavy (non-hydrogen) atoms. The molecule has 1 aromatic rings. The predicted octanol–water partition coefficient (Wildman–Crippen LogP) is 1.42. The summed E-state index contributed by atoms with van der Waals surface area (Å²) >= 11 is 0. The highest BCUT2D eigenvalue weighted by Gasteiger charge is 2.30. The molecule has 0 bridgehead atoms. The van der Waals surface area contributed by atoms with Crippen molar-refractivity contribution < 1.29 is 9.53 Å². The van der Waals surface area contributed by atoms with Crippen molar-refractivity contribution in [2.75, 3.05) is 31.6 Å². The second-order valence-electron chi connectivity index (χ2n) is 5.47. The van der Waals surface area contributed by atoms with E-state index in [-0.39, 0.29) is 5.97 Å². The van der Waals surface area contributed by atoms with E-state index in [9.17, 15) is 4.79 Å². The summed E-state index contributed by atoms with van der Waals surface area (Å²) in [6, 6.07) is 0.426. The highest BCUT2D eigenvalue weighted by molar-refractivity contribution is 5.87. The fourth-order valence-electron chi connectivity index (χ4n) is 3.22. The summed E-state index contributed by atoms with van der Waals surface area (Å²) < 4.78 is 7.16. The second kappa shape index (κ2) is 5.83. The van der Waals surface area contributed by atoms with Crippen LogP contribution in [0.1, 0.15) is 42.7 Å². The number of nitrogens with one attached hydrogen (secondary N) is 2. The van der Waals surface area contributed by atoms with Crippen LogP contribution in [0.2, 0.25) is 0 Å². The summed E-state index contributed by atoms with van der Waals surface area (Å²) in [5.74, 6) is 1.08. The third kappa shape index (κ3) is 2.52. The van der Waals surface area contributed by atoms with Gasteiger partial charge in [-0.1, -0.05) is 0 Å². The fraction of sp³-hybridized carbons (Fsp3) is 0.714. The Bertz CT molecular complexity index is 480. The van der Waals surface area contributed by atoms with Crippen LogP contribution < -0.4 is 10.6 Å². The van der Waals surface area contributed by atoms with Gasteiger partial charge in [0.2, 0.25) is 5.95 Å². The van der Waals surface area contributed by atoms with Gasteiger partial charge in [-0.15, -0.1) is 0 Å². The van der Waals surface area contributed by atoms with E-state index in [2.05, 4.69) is 20.2 Å². The first kappa shape index (κ1) is 13.4. The number of rotatable bonds is 3. The Morgan fingerprint density at radius 2 is 2.40 bits per heavy atom. The number of aromatic nitrogens is 2. The van der Waals surface area contributed by atoms with Crippen LogP contribution in [-0.2, 0) is 4.74 Å². The molecule has 3 heterocycles. The Kier molecular flexibility index (Phi) is 3.91. The Morgan fingerprint density at radius 1 is 1.50 bits per heavy atom. The van der Waals surface area contributed by atoms with Crippen molar-refractivity contribution in [1.29, 1.82) is 0 Å². The molecule has 110 valence electrons. The number of piperidine rings is 1. The molecule has 1 aromatic heterocycles. The lowest BCUT2D eigenvalue weighted by molar-refractivity contribution is 0.0520. The van der Waals surface area contributed by atoms with Crippen molar-refractivity contribution in [1.82, 2.24) is 14.9 Å². The molecule has 0 aliphatic carbocycles. The van der Waals surface area contributed by atoms with Crippen molar-refractivity contribution in [3.63, 3.8) is 0 Å². The summed E-state index contributed by atoms with van der Waals surface area (Å²) in [6.45, 7) is 5.27. The molecule has 1 saturated heterocycles. The Morgan fingerprint density at radius 3 is 3.15 bits per heavy atom. The Balaban J connectivity index is 1.82. The number of hydrogen-bond acceptors (Lipinski definition) is 5. The zero-order chi connectivity index (χ0) is 13.9. The summed E-state index contributed by atoms with van der Waals surface area (Å²) in [5.41, 5.74) is 0.407. The number of fused-ring (bicyclic) bond motifs is 1. The zero-order valence-corrected chi connectivity index (χ0v) is 11.9. The van der Waals surface area contributed by atoms with Crippen LogP contribution in [0.3, 0.4) is 0 Å². The first-order valence-electron chi connectivity index (χ1n) is 7.50. The maximum absolute atomic E-state index is 11.8. The van der Waals surface area contributed by atoms with Gasteiger partial charge in [0.25, 0.3) is 0 Å². The molecule has 6 nitrogen and oxygen atoms in total. The van der Waals surface area contributed by atoms with Gasteiger partial charge in [-0.25, -0.2) is 9.78 Å². The number of carbonyl (C=O) groups excluding carboxylic acids is 1. The van der Waals surface area contributed by atoms with Crippen LogP contribution >= 0.6 is 0 Å². The van der Waals surface area contributed by atoms with Gasteiger partial charge in [-0.3, -0.25) is 0 Å². The topological polar surface area (TPSA) is 68.2 Å². The lowest BCUT2D eigenvalue weighted by Gasteiger charge is -2.35. The van der Waals surface area contributed by atoms with Crippen molar-refractivity contribution in [2.24, 2.45) is 5.92 Å². The molecule has 2 unspecified atom stereocenters. The fourth-order valence-corrected chi connectivity index (χ4v) is 3.22. The van der Waals surface area contributed by atoms with E-state index < -0.39 is 0 Å². The normalized spacial score (nSPS) is 25.6. The molecular formula is C14H22N4O2. The molecule has 1 fully saturated rings. The van der Waals surface area contributed by atoms with Crippen molar-refractivity contribution in [3.05, 3.63) is 11.9 Å². The Labute approximate surface area is 118 Å². The van der Waals surface area contributed by atoms with Gasteiger partial charge in [-0.05, 0) is 45.2 Å². The maximum atomic E-state index is 11.8. The average molecular weight is 278 g/mol. The second-order valence-corrected chi connectivity index (χ2v) is 5.47. The molecule has 2 atom stereocenters. The van der Waals surface area contributed by atoms with Gasteiger partial charge in [0, 0.05) is 18.8 Å². The molecule has 0 saturated carbocycles. The summed E-state index contributed by atoms with van der Waals surface area (Å²) in [5, 5.41) is 6.74. The van der Waals surface area contributed by atoms with Crippen LogP contribution in [0.5, 0.6) is 0 Å². The minimum Gasteiger partial charge on any atom is -0.461 e. The molecule has 2 N–H and O–H groups in total. The molecule has 2 aliphatic heterocycles. The van der Waals surface area contributed by atoms with E-state index in [1.807, 2.05) is 13.1 Å². The molecule has 0 spiro atoms. The molecule has 3 rings (SSSR count). The summed E-state index contributed by atoms with van der Waals surface area (Å²) in [7, 11) is 0. The first-order chi connectivity index (χ1) is 9.79. The summed E-state index contributed by atoms with van der Waals surface area (Å²) in [4.78, 5) is 16.2. The maximum Gasteiger partial charge on any atom is 0.358 e. The third-order valence-electron chi connectivity index (χ3n) is 4.18. The molecule has 6 heteroatoms. The van der Waals surface area contributed by atoms with Crippen LogP contribution in [0.25, 0.3) is 0 Å². The van der Waals surface area contributed by atoms with Crippen LogP contribution in [0.4, 0.5) is 5.95 Å². The van der Waals surface area contributed by atoms with Gasteiger partial charge in [0.15, 0.2) is 5.69 Å². The first-order valence-corrected chi connectivity index (χ1v) is 7.50.